The minimum absolute atomic E-state index is 0.149. The minimum Gasteiger partial charge on any atom is -0.438 e. The predicted octanol–water partition coefficient (Wildman–Crippen LogP) is 6.74. The minimum atomic E-state index is -0.955. The molecular formula is C36H35FN6O3. The Morgan fingerprint density at radius 3 is 2.57 bits per heavy atom. The molecule has 0 spiro atoms. The summed E-state index contributed by atoms with van der Waals surface area (Å²) in [7, 11) is 3.64. The number of likely N-dealkylation sites (N-methyl/N-ethyl adjacent to an activating group) is 1. The Bertz CT molecular complexity index is 2130. The number of aromatic nitrogens is 3. The van der Waals surface area contributed by atoms with E-state index in [0.717, 1.165) is 52.3 Å². The monoisotopic (exact) mass is 618 g/mol. The lowest BCUT2D eigenvalue weighted by Crippen LogP contribution is -2.46. The molecule has 0 radical (unpaired) electrons. The van der Waals surface area contributed by atoms with Gasteiger partial charge in [0, 0.05) is 34.9 Å². The molecule has 1 fully saturated rings. The van der Waals surface area contributed by atoms with Crippen LogP contribution in [-0.4, -0.2) is 57.7 Å². The maximum Gasteiger partial charge on any atom is 0.322 e. The number of H-pyrrole nitrogens is 1. The number of ether oxygens (including phenoxy) is 1. The summed E-state index contributed by atoms with van der Waals surface area (Å²) < 4.78 is 22.2. The number of primary amides is 1. The molecule has 0 bridgehead atoms. The van der Waals surface area contributed by atoms with Gasteiger partial charge in [0.15, 0.2) is 5.72 Å². The molecule has 0 aliphatic heterocycles. The van der Waals surface area contributed by atoms with Crippen LogP contribution in [0.2, 0.25) is 0 Å². The zero-order valence-electron chi connectivity index (χ0n) is 25.8. The highest BCUT2D eigenvalue weighted by atomic mass is 19.1. The van der Waals surface area contributed by atoms with Gasteiger partial charge in [0.25, 0.3) is 5.91 Å². The second kappa shape index (κ2) is 11.6. The molecule has 1 saturated carbocycles. The van der Waals surface area contributed by atoms with Crippen LogP contribution in [0.15, 0.2) is 78.9 Å². The highest BCUT2D eigenvalue weighted by molar-refractivity contribution is 6.15. The van der Waals surface area contributed by atoms with E-state index in [0.29, 0.717) is 41.0 Å². The first-order chi connectivity index (χ1) is 22.2. The van der Waals surface area contributed by atoms with Gasteiger partial charge < -0.3 is 25.3 Å². The van der Waals surface area contributed by atoms with Gasteiger partial charge in [-0.15, -0.1) is 0 Å². The maximum atomic E-state index is 14.0. The molecule has 46 heavy (non-hydrogen) atoms. The molecule has 10 heteroatoms. The summed E-state index contributed by atoms with van der Waals surface area (Å²) in [6.07, 6.45) is 4.06. The fourth-order valence-corrected chi connectivity index (χ4v) is 6.72. The number of nitrogens with one attached hydrogen (secondary N) is 2. The summed E-state index contributed by atoms with van der Waals surface area (Å²) in [6, 6.07) is 24.1. The Kier molecular flexibility index (Phi) is 7.44. The molecule has 9 nitrogen and oxygen atoms in total. The molecule has 234 valence electrons. The van der Waals surface area contributed by atoms with Gasteiger partial charge in [-0.2, -0.15) is 0 Å². The molecule has 2 aromatic heterocycles. The number of nitrogens with zero attached hydrogens (tertiary/aromatic N) is 3. The fraction of sp³-hybridized carbons (Fsp3) is 0.250. The molecule has 1 aliphatic rings. The number of halogens is 1. The van der Waals surface area contributed by atoms with Gasteiger partial charge in [-0.1, -0.05) is 36.8 Å². The van der Waals surface area contributed by atoms with Crippen molar-refractivity contribution in [1.82, 2.24) is 19.4 Å². The van der Waals surface area contributed by atoms with Gasteiger partial charge >= 0.3 is 5.97 Å². The largest absolute Gasteiger partial charge is 0.438 e. The third-order valence-electron chi connectivity index (χ3n) is 8.70. The van der Waals surface area contributed by atoms with Crippen LogP contribution >= 0.6 is 0 Å². The van der Waals surface area contributed by atoms with E-state index in [1.165, 1.54) is 12.1 Å². The fourth-order valence-electron chi connectivity index (χ4n) is 6.72. The van der Waals surface area contributed by atoms with Gasteiger partial charge in [0.2, 0.25) is 0 Å². The van der Waals surface area contributed by atoms with Crippen LogP contribution in [0, 0.1) is 5.82 Å². The van der Waals surface area contributed by atoms with Crippen molar-refractivity contribution in [1.29, 1.82) is 0 Å². The smallest absolute Gasteiger partial charge is 0.322 e. The Labute approximate surface area is 265 Å². The number of imidazole rings is 1. The molecule has 4 aromatic carbocycles. The summed E-state index contributed by atoms with van der Waals surface area (Å²) >= 11 is 0. The van der Waals surface area contributed by atoms with E-state index in [-0.39, 0.29) is 18.3 Å². The lowest BCUT2D eigenvalue weighted by Gasteiger charge is -2.39. The summed E-state index contributed by atoms with van der Waals surface area (Å²) in [5, 5.41) is 5.47. The number of hydrogen-bond donors (Lipinski definition) is 3. The highest BCUT2D eigenvalue weighted by Crippen LogP contribution is 2.40. The summed E-state index contributed by atoms with van der Waals surface area (Å²) in [5.74, 6) is -0.604. The van der Waals surface area contributed by atoms with Crippen molar-refractivity contribution in [3.05, 3.63) is 90.2 Å². The molecule has 4 N–H and O–H groups in total. The topological polar surface area (TPSA) is 118 Å². The van der Waals surface area contributed by atoms with E-state index in [2.05, 4.69) is 20.9 Å². The van der Waals surface area contributed by atoms with Crippen molar-refractivity contribution in [3.8, 4) is 17.1 Å². The summed E-state index contributed by atoms with van der Waals surface area (Å²) in [5.41, 5.74) is 10.6. The van der Waals surface area contributed by atoms with Crippen molar-refractivity contribution >= 4 is 50.4 Å². The molecular weight excluding hydrogens is 583 g/mol. The number of aromatic amines is 1. The van der Waals surface area contributed by atoms with Gasteiger partial charge in [-0.25, -0.2) is 9.37 Å². The normalized spacial score (nSPS) is 14.7. The lowest BCUT2D eigenvalue weighted by molar-refractivity contribution is -0.160. The van der Waals surface area contributed by atoms with Crippen LogP contribution in [0.1, 0.15) is 42.5 Å². The molecule has 0 atom stereocenters. The highest BCUT2D eigenvalue weighted by Gasteiger charge is 2.37. The van der Waals surface area contributed by atoms with Gasteiger partial charge in [-0.3, -0.25) is 14.5 Å². The number of esters is 1. The zero-order valence-corrected chi connectivity index (χ0v) is 25.8. The van der Waals surface area contributed by atoms with E-state index in [1.54, 1.807) is 17.0 Å². The number of amides is 1. The average Bonchev–Trinajstić information content (AvgIpc) is 3.59. The van der Waals surface area contributed by atoms with Crippen LogP contribution in [0.25, 0.3) is 49.9 Å². The Morgan fingerprint density at radius 1 is 1.00 bits per heavy atom. The van der Waals surface area contributed by atoms with Crippen LogP contribution in [0.3, 0.4) is 0 Å². The number of fused-ring (bicyclic) bond motifs is 4. The maximum absolute atomic E-state index is 14.0. The Hall–Kier alpha value is -5.22. The van der Waals surface area contributed by atoms with Crippen LogP contribution in [0.4, 0.5) is 10.1 Å². The number of nitrogens with two attached hydrogens (primary N) is 1. The van der Waals surface area contributed by atoms with Crippen LogP contribution in [-0.2, 0) is 9.53 Å². The van der Waals surface area contributed by atoms with Crippen LogP contribution < -0.4 is 11.1 Å². The van der Waals surface area contributed by atoms with Crippen molar-refractivity contribution < 1.29 is 18.7 Å². The van der Waals surface area contributed by atoms with Crippen molar-refractivity contribution in [2.75, 3.05) is 26.0 Å². The molecule has 7 rings (SSSR count). The molecule has 0 saturated heterocycles. The second-order valence-corrected chi connectivity index (χ2v) is 12.3. The molecule has 2 heterocycles. The van der Waals surface area contributed by atoms with E-state index in [1.807, 2.05) is 62.6 Å². The molecule has 1 aliphatic carbocycles. The van der Waals surface area contributed by atoms with Crippen molar-refractivity contribution in [3.63, 3.8) is 0 Å². The molecule has 0 unspecified atom stereocenters. The average molecular weight is 619 g/mol. The van der Waals surface area contributed by atoms with Gasteiger partial charge in [-0.05, 0) is 75.5 Å². The SMILES string of the molecule is CN(C)CC(=O)OC1(Nc2cc(-n3c4ccccc4c4c(-c5nc6ccc(F)cc6[nH]5)cccc43)ccc2C(N)=O)CCCCC1. The number of hydrogen-bond acceptors (Lipinski definition) is 6. The van der Waals surface area contributed by atoms with E-state index in [4.69, 9.17) is 15.5 Å². The van der Waals surface area contributed by atoms with Crippen LogP contribution in [0.5, 0.6) is 0 Å². The van der Waals surface area contributed by atoms with E-state index >= 15 is 0 Å². The zero-order chi connectivity index (χ0) is 32.0. The number of rotatable bonds is 8. The summed E-state index contributed by atoms with van der Waals surface area (Å²) in [6.45, 7) is 0.149. The number of benzene rings is 4. The van der Waals surface area contributed by atoms with E-state index in [9.17, 15) is 14.0 Å². The number of para-hydroxylation sites is 1. The number of carbonyl (C=O) groups excluding carboxylic acids is 2. The van der Waals surface area contributed by atoms with Crippen molar-refractivity contribution in [2.24, 2.45) is 5.73 Å². The first-order valence-electron chi connectivity index (χ1n) is 15.5. The quantitative estimate of drug-likeness (QED) is 0.128. The lowest BCUT2D eigenvalue weighted by atomic mass is 9.90. The Morgan fingerprint density at radius 2 is 1.78 bits per heavy atom. The molecule has 1 amide bonds. The third-order valence-corrected chi connectivity index (χ3v) is 8.70. The van der Waals surface area contributed by atoms with Gasteiger partial charge in [0.05, 0.1) is 39.9 Å². The molecule has 6 aromatic rings. The second-order valence-electron chi connectivity index (χ2n) is 12.3. The number of carbonyl (C=O) groups is 2. The van der Waals surface area contributed by atoms with Gasteiger partial charge in [0.1, 0.15) is 11.6 Å². The van der Waals surface area contributed by atoms with E-state index < -0.39 is 11.6 Å². The predicted molar refractivity (Wildman–Crippen MR) is 178 cm³/mol. The van der Waals surface area contributed by atoms with Crippen molar-refractivity contribution in [2.45, 2.75) is 37.8 Å². The Balaban J connectivity index is 1.38. The first-order valence-corrected chi connectivity index (χ1v) is 15.5. The number of anilines is 1. The summed E-state index contributed by atoms with van der Waals surface area (Å²) in [4.78, 5) is 35.4. The third kappa shape index (κ3) is 5.34. The standard InChI is InChI=1S/C36H35FN6O3/c1-42(2)21-32(44)46-36(17-6-3-7-18-36)41-28-20-23(14-15-24(28)34(38)45)43-30-11-5-4-9-25(30)33-26(10-8-12-31(33)43)35-39-27-16-13-22(37)19-29(27)40-35/h4-5,8-16,19-20,41H,3,6-7,17-18,21H2,1-2H3,(H2,38,45)(H,39,40). The first kappa shape index (κ1) is 29.5.